The second kappa shape index (κ2) is 11.5. The molecule has 0 saturated heterocycles. The average Bonchev–Trinajstić information content (AvgIpc) is 2.54. The molecule has 1 saturated carbocycles. The second-order valence-electron chi connectivity index (χ2n) is 8.00. The third-order valence-corrected chi connectivity index (χ3v) is 5.58. The number of hydrogen-bond acceptors (Lipinski definition) is 2. The third kappa shape index (κ3) is 7.73. The summed E-state index contributed by atoms with van der Waals surface area (Å²) in [6, 6.07) is 0.170. The van der Waals surface area contributed by atoms with Gasteiger partial charge in [0.15, 0.2) is 0 Å². The maximum absolute atomic E-state index is 6.15. The quantitative estimate of drug-likeness (QED) is 0.449. The number of nitrogens with zero attached hydrogens (tertiary/aromatic N) is 1. The SMILES string of the molecule is C\C=C(/C=C(C[C@H](C)N)\C(C)=C(/C)C=NC)C1CCCC(C)CCC1. The number of aliphatic imine (C=N–C) groups is 1. The Kier molecular flexibility index (Phi) is 10.0. The molecule has 0 amide bonds. The zero-order valence-electron chi connectivity index (χ0n) is 17.4. The first-order valence-corrected chi connectivity index (χ1v) is 10.1. The molecular formula is C23H40N2. The lowest BCUT2D eigenvalue weighted by Crippen LogP contribution is -2.17. The molecule has 2 heteroatoms. The average molecular weight is 345 g/mol. The Morgan fingerprint density at radius 2 is 1.76 bits per heavy atom. The molecule has 25 heavy (non-hydrogen) atoms. The highest BCUT2D eigenvalue weighted by atomic mass is 14.6. The predicted molar refractivity (Wildman–Crippen MR) is 113 cm³/mol. The molecule has 1 fully saturated rings. The van der Waals surface area contributed by atoms with Crippen LogP contribution in [-0.4, -0.2) is 19.3 Å². The van der Waals surface area contributed by atoms with E-state index >= 15 is 0 Å². The van der Waals surface area contributed by atoms with Gasteiger partial charge in [-0.2, -0.15) is 0 Å². The third-order valence-electron chi connectivity index (χ3n) is 5.58. The van der Waals surface area contributed by atoms with Gasteiger partial charge in [0.05, 0.1) is 0 Å². The van der Waals surface area contributed by atoms with Gasteiger partial charge in [-0.05, 0) is 81.1 Å². The Balaban J connectivity index is 3.08. The van der Waals surface area contributed by atoms with Crippen LogP contribution in [-0.2, 0) is 0 Å². The molecule has 1 atom stereocenters. The molecule has 0 unspecified atom stereocenters. The van der Waals surface area contributed by atoms with Gasteiger partial charge in [0.1, 0.15) is 0 Å². The van der Waals surface area contributed by atoms with Crippen LogP contribution < -0.4 is 5.73 Å². The summed E-state index contributed by atoms with van der Waals surface area (Å²) in [7, 11) is 1.83. The van der Waals surface area contributed by atoms with Gasteiger partial charge in [-0.15, -0.1) is 0 Å². The van der Waals surface area contributed by atoms with E-state index in [1.165, 1.54) is 60.8 Å². The molecule has 0 aliphatic heterocycles. The molecular weight excluding hydrogens is 304 g/mol. The molecule has 1 aliphatic rings. The van der Waals surface area contributed by atoms with Crippen molar-refractivity contribution in [2.75, 3.05) is 7.05 Å². The van der Waals surface area contributed by atoms with Crippen molar-refractivity contribution in [1.82, 2.24) is 0 Å². The van der Waals surface area contributed by atoms with Crippen LogP contribution in [0.5, 0.6) is 0 Å². The number of hydrogen-bond donors (Lipinski definition) is 1. The van der Waals surface area contributed by atoms with Crippen molar-refractivity contribution in [3.05, 3.63) is 34.4 Å². The molecule has 0 aromatic carbocycles. The fourth-order valence-corrected chi connectivity index (χ4v) is 3.90. The van der Waals surface area contributed by atoms with Gasteiger partial charge in [0.2, 0.25) is 0 Å². The minimum absolute atomic E-state index is 0.170. The minimum Gasteiger partial charge on any atom is -0.328 e. The van der Waals surface area contributed by atoms with Crippen molar-refractivity contribution in [2.24, 2.45) is 22.6 Å². The van der Waals surface area contributed by atoms with Crippen LogP contribution in [0.4, 0.5) is 0 Å². The first-order valence-electron chi connectivity index (χ1n) is 10.1. The van der Waals surface area contributed by atoms with Gasteiger partial charge in [0, 0.05) is 19.3 Å². The Morgan fingerprint density at radius 1 is 1.16 bits per heavy atom. The molecule has 2 N–H and O–H groups in total. The van der Waals surface area contributed by atoms with Crippen molar-refractivity contribution < 1.29 is 0 Å². The molecule has 2 nitrogen and oxygen atoms in total. The molecule has 0 spiro atoms. The Morgan fingerprint density at radius 3 is 2.24 bits per heavy atom. The molecule has 0 aromatic rings. The fourth-order valence-electron chi connectivity index (χ4n) is 3.90. The normalized spacial score (nSPS) is 26.2. The van der Waals surface area contributed by atoms with Gasteiger partial charge in [-0.25, -0.2) is 0 Å². The van der Waals surface area contributed by atoms with Crippen LogP contribution in [0.15, 0.2) is 39.4 Å². The Bertz CT molecular complexity index is 510. The topological polar surface area (TPSA) is 38.4 Å². The molecule has 0 radical (unpaired) electrons. The largest absolute Gasteiger partial charge is 0.328 e. The lowest BCUT2D eigenvalue weighted by Gasteiger charge is -2.25. The van der Waals surface area contributed by atoms with Crippen LogP contribution in [0.3, 0.4) is 0 Å². The van der Waals surface area contributed by atoms with Crippen LogP contribution in [0.2, 0.25) is 0 Å². The highest BCUT2D eigenvalue weighted by Crippen LogP contribution is 2.32. The summed E-state index contributed by atoms with van der Waals surface area (Å²) in [6.07, 6.45) is 15.8. The molecule has 0 bridgehead atoms. The highest BCUT2D eigenvalue weighted by Gasteiger charge is 2.18. The molecule has 1 aliphatic carbocycles. The van der Waals surface area contributed by atoms with Crippen molar-refractivity contribution >= 4 is 6.21 Å². The van der Waals surface area contributed by atoms with E-state index in [2.05, 4.69) is 51.8 Å². The molecule has 0 aromatic heterocycles. The van der Waals surface area contributed by atoms with Crippen molar-refractivity contribution in [1.29, 1.82) is 0 Å². The van der Waals surface area contributed by atoms with E-state index in [1.807, 2.05) is 13.3 Å². The fraction of sp³-hybridized carbons (Fsp3) is 0.696. The van der Waals surface area contributed by atoms with E-state index in [-0.39, 0.29) is 6.04 Å². The smallest absolute Gasteiger partial charge is 0.0277 e. The zero-order chi connectivity index (χ0) is 18.8. The lowest BCUT2D eigenvalue weighted by molar-refractivity contribution is 0.359. The summed E-state index contributed by atoms with van der Waals surface area (Å²) in [5, 5.41) is 0. The van der Waals surface area contributed by atoms with Gasteiger partial charge >= 0.3 is 0 Å². The maximum atomic E-state index is 6.15. The molecule has 1 rings (SSSR count). The van der Waals surface area contributed by atoms with Crippen LogP contribution in [0, 0.1) is 11.8 Å². The van der Waals surface area contributed by atoms with Crippen LogP contribution in [0.1, 0.15) is 79.6 Å². The first-order chi connectivity index (χ1) is 11.9. The summed E-state index contributed by atoms with van der Waals surface area (Å²) in [6.45, 7) is 11.0. The van der Waals surface area contributed by atoms with Gasteiger partial charge in [-0.1, -0.05) is 44.8 Å². The molecule has 142 valence electrons. The standard InChI is InChI=1S/C23H40N2/c1-7-21(22-12-8-10-17(2)11-9-13-22)15-23(14-19(4)24)20(5)18(3)16-25-6/h7,15-17,19,22H,8-14,24H2,1-6H3/b20-18+,21-7+,23-15-,25-16?/t17?,19-,22?/m0/s1. The highest BCUT2D eigenvalue weighted by molar-refractivity contribution is 5.80. The van der Waals surface area contributed by atoms with E-state index < -0.39 is 0 Å². The van der Waals surface area contributed by atoms with E-state index in [0.717, 1.165) is 12.3 Å². The van der Waals surface area contributed by atoms with Crippen LogP contribution >= 0.6 is 0 Å². The van der Waals surface area contributed by atoms with Gasteiger partial charge in [0.25, 0.3) is 0 Å². The van der Waals surface area contributed by atoms with Gasteiger partial charge in [-0.3, -0.25) is 4.99 Å². The number of nitrogens with two attached hydrogens (primary N) is 1. The zero-order valence-corrected chi connectivity index (χ0v) is 17.4. The molecule has 0 heterocycles. The summed E-state index contributed by atoms with van der Waals surface area (Å²) < 4.78 is 0. The summed E-state index contributed by atoms with van der Waals surface area (Å²) >= 11 is 0. The van der Waals surface area contributed by atoms with Crippen LogP contribution in [0.25, 0.3) is 0 Å². The second-order valence-corrected chi connectivity index (χ2v) is 8.00. The first kappa shape index (κ1) is 21.9. The maximum Gasteiger partial charge on any atom is 0.0277 e. The summed E-state index contributed by atoms with van der Waals surface area (Å²) in [5.41, 5.74) is 11.6. The van der Waals surface area contributed by atoms with Crippen molar-refractivity contribution in [2.45, 2.75) is 85.6 Å². The number of rotatable bonds is 6. The van der Waals surface area contributed by atoms with E-state index in [0.29, 0.717) is 5.92 Å². The van der Waals surface area contributed by atoms with E-state index in [4.69, 9.17) is 5.73 Å². The van der Waals surface area contributed by atoms with E-state index in [1.54, 1.807) is 0 Å². The summed E-state index contributed by atoms with van der Waals surface area (Å²) in [4.78, 5) is 4.18. The van der Waals surface area contributed by atoms with Crippen molar-refractivity contribution in [3.8, 4) is 0 Å². The Labute approximate surface area is 156 Å². The summed E-state index contributed by atoms with van der Waals surface area (Å²) in [5.74, 6) is 1.61. The van der Waals surface area contributed by atoms with Crippen molar-refractivity contribution in [3.63, 3.8) is 0 Å². The lowest BCUT2D eigenvalue weighted by atomic mass is 9.81. The minimum atomic E-state index is 0.170. The predicted octanol–water partition coefficient (Wildman–Crippen LogP) is 6.24. The Hall–Kier alpha value is -1.15. The monoisotopic (exact) mass is 344 g/mol. The van der Waals surface area contributed by atoms with E-state index in [9.17, 15) is 0 Å². The van der Waals surface area contributed by atoms with Gasteiger partial charge < -0.3 is 5.73 Å². The number of allylic oxidation sites excluding steroid dienone is 5.